The Bertz CT molecular complexity index is 981. The van der Waals surface area contributed by atoms with E-state index in [1.54, 1.807) is 18.2 Å². The van der Waals surface area contributed by atoms with Crippen molar-refractivity contribution in [1.82, 2.24) is 9.97 Å². The van der Waals surface area contributed by atoms with Gasteiger partial charge in [0.05, 0.1) is 12.0 Å². The van der Waals surface area contributed by atoms with Gasteiger partial charge in [0.15, 0.2) is 11.5 Å². The lowest BCUT2D eigenvalue weighted by Crippen LogP contribution is -2.25. The molecule has 0 radical (unpaired) electrons. The lowest BCUT2D eigenvalue weighted by molar-refractivity contribution is -0.386. The van der Waals surface area contributed by atoms with Gasteiger partial charge in [0, 0.05) is 0 Å². The van der Waals surface area contributed by atoms with Gasteiger partial charge in [-0.2, -0.15) is 0 Å². The standard InChI is InChI=1S/C16H13N3O6/c1-3-8-25-13-9-10(5-7-12(13)24-2)4-6-11-14(19(22)23)15(20)18-16(21)17-11/h1,4-7,9H,8H2,2H3,(H2,17,18,20,21). The highest BCUT2D eigenvalue weighted by molar-refractivity contribution is 5.72. The molecule has 1 aromatic carbocycles. The highest BCUT2D eigenvalue weighted by atomic mass is 16.6. The van der Waals surface area contributed by atoms with Gasteiger partial charge in [0.1, 0.15) is 12.3 Å². The maximum Gasteiger partial charge on any atom is 0.357 e. The maximum atomic E-state index is 11.6. The number of terminal acetylenes is 1. The van der Waals surface area contributed by atoms with Gasteiger partial charge in [-0.05, 0) is 23.8 Å². The third kappa shape index (κ3) is 4.14. The Morgan fingerprint density at radius 2 is 2.04 bits per heavy atom. The van der Waals surface area contributed by atoms with Crippen molar-refractivity contribution in [2.24, 2.45) is 0 Å². The molecule has 0 aliphatic carbocycles. The Morgan fingerprint density at radius 1 is 1.28 bits per heavy atom. The van der Waals surface area contributed by atoms with Gasteiger partial charge >= 0.3 is 16.9 Å². The molecule has 9 heteroatoms. The monoisotopic (exact) mass is 343 g/mol. The van der Waals surface area contributed by atoms with Crippen molar-refractivity contribution >= 4 is 17.8 Å². The zero-order valence-electron chi connectivity index (χ0n) is 13.1. The number of ether oxygens (including phenoxy) is 2. The molecule has 0 aliphatic heterocycles. The molecular weight excluding hydrogens is 330 g/mol. The fourth-order valence-electron chi connectivity index (χ4n) is 2.01. The molecule has 0 saturated carbocycles. The lowest BCUT2D eigenvalue weighted by Gasteiger charge is -2.09. The number of rotatable bonds is 6. The van der Waals surface area contributed by atoms with E-state index in [2.05, 4.69) is 10.9 Å². The topological polar surface area (TPSA) is 127 Å². The first kappa shape index (κ1) is 17.6. The highest BCUT2D eigenvalue weighted by Crippen LogP contribution is 2.28. The van der Waals surface area contributed by atoms with Crippen LogP contribution in [0.2, 0.25) is 0 Å². The van der Waals surface area contributed by atoms with E-state index in [4.69, 9.17) is 15.9 Å². The fraction of sp³-hybridized carbons (Fsp3) is 0.125. The second-order valence-electron chi connectivity index (χ2n) is 4.66. The summed E-state index contributed by atoms with van der Waals surface area (Å²) < 4.78 is 10.5. The summed E-state index contributed by atoms with van der Waals surface area (Å²) in [6.45, 7) is 0.0381. The van der Waals surface area contributed by atoms with E-state index >= 15 is 0 Å². The largest absolute Gasteiger partial charge is 0.493 e. The predicted molar refractivity (Wildman–Crippen MR) is 90.6 cm³/mol. The van der Waals surface area contributed by atoms with Crippen molar-refractivity contribution in [3.8, 4) is 23.8 Å². The summed E-state index contributed by atoms with van der Waals surface area (Å²) in [4.78, 5) is 37.0. The third-order valence-electron chi connectivity index (χ3n) is 3.07. The number of hydrogen-bond donors (Lipinski definition) is 2. The molecule has 0 spiro atoms. The maximum absolute atomic E-state index is 11.6. The average molecular weight is 343 g/mol. The molecule has 2 N–H and O–H groups in total. The molecule has 0 aliphatic rings. The highest BCUT2D eigenvalue weighted by Gasteiger charge is 2.18. The molecule has 0 atom stereocenters. The van der Waals surface area contributed by atoms with E-state index in [1.807, 2.05) is 4.98 Å². The molecular formula is C16H13N3O6. The molecule has 0 bridgehead atoms. The van der Waals surface area contributed by atoms with Crippen molar-refractivity contribution < 1.29 is 14.4 Å². The Hall–Kier alpha value is -3.80. The number of H-pyrrole nitrogens is 2. The number of benzene rings is 1. The predicted octanol–water partition coefficient (Wildman–Crippen LogP) is 1.16. The average Bonchev–Trinajstić information content (AvgIpc) is 2.57. The van der Waals surface area contributed by atoms with Crippen LogP contribution < -0.4 is 20.7 Å². The third-order valence-corrected chi connectivity index (χ3v) is 3.07. The van der Waals surface area contributed by atoms with Gasteiger partial charge in [-0.25, -0.2) is 4.79 Å². The molecule has 0 fully saturated rings. The van der Waals surface area contributed by atoms with Gasteiger partial charge in [-0.1, -0.05) is 18.1 Å². The van der Waals surface area contributed by atoms with Gasteiger partial charge in [0.25, 0.3) is 0 Å². The van der Waals surface area contributed by atoms with Gasteiger partial charge < -0.3 is 14.5 Å². The molecule has 2 rings (SSSR count). The van der Waals surface area contributed by atoms with Crippen LogP contribution in [0.25, 0.3) is 12.2 Å². The van der Waals surface area contributed by atoms with Crippen LogP contribution in [0.4, 0.5) is 5.69 Å². The van der Waals surface area contributed by atoms with Crippen molar-refractivity contribution in [3.05, 3.63) is 60.4 Å². The van der Waals surface area contributed by atoms with Crippen LogP contribution in [0, 0.1) is 22.5 Å². The van der Waals surface area contributed by atoms with Crippen LogP contribution >= 0.6 is 0 Å². The molecule has 2 aromatic rings. The molecule has 1 aromatic heterocycles. The van der Waals surface area contributed by atoms with Crippen molar-refractivity contribution in [2.75, 3.05) is 13.7 Å². The summed E-state index contributed by atoms with van der Waals surface area (Å²) in [5, 5.41) is 11.0. The van der Waals surface area contributed by atoms with E-state index in [-0.39, 0.29) is 12.3 Å². The number of aromatic nitrogens is 2. The minimum Gasteiger partial charge on any atom is -0.493 e. The summed E-state index contributed by atoms with van der Waals surface area (Å²) in [6.07, 6.45) is 7.88. The first-order valence-electron chi connectivity index (χ1n) is 6.89. The quantitative estimate of drug-likeness (QED) is 0.460. The van der Waals surface area contributed by atoms with Crippen LogP contribution in [0.1, 0.15) is 11.3 Å². The van der Waals surface area contributed by atoms with E-state index in [9.17, 15) is 19.7 Å². The van der Waals surface area contributed by atoms with Crippen molar-refractivity contribution in [1.29, 1.82) is 0 Å². The molecule has 0 amide bonds. The van der Waals surface area contributed by atoms with E-state index in [1.165, 1.54) is 19.3 Å². The van der Waals surface area contributed by atoms with Crippen LogP contribution in [0.3, 0.4) is 0 Å². The molecule has 1 heterocycles. The summed E-state index contributed by atoms with van der Waals surface area (Å²) in [5.74, 6) is 3.18. The van der Waals surface area contributed by atoms with Gasteiger partial charge in [-0.3, -0.25) is 19.9 Å². The smallest absolute Gasteiger partial charge is 0.357 e. The first-order valence-corrected chi connectivity index (χ1v) is 6.89. The summed E-state index contributed by atoms with van der Waals surface area (Å²) in [5.41, 5.74) is -2.32. The number of methoxy groups -OCH3 is 1. The summed E-state index contributed by atoms with van der Waals surface area (Å²) in [6, 6.07) is 4.89. The lowest BCUT2D eigenvalue weighted by atomic mass is 10.1. The first-order chi connectivity index (χ1) is 12.0. The number of hydrogen-bond acceptors (Lipinski definition) is 6. The number of nitrogens with zero attached hydrogens (tertiary/aromatic N) is 1. The van der Waals surface area contributed by atoms with Crippen LogP contribution in [0.15, 0.2) is 27.8 Å². The minimum absolute atomic E-state index is 0.0381. The molecule has 128 valence electrons. The fourth-order valence-corrected chi connectivity index (χ4v) is 2.01. The number of nitrogens with one attached hydrogen (secondary N) is 2. The van der Waals surface area contributed by atoms with Gasteiger partial charge in [0.2, 0.25) is 0 Å². The number of aromatic amines is 2. The molecule has 9 nitrogen and oxygen atoms in total. The number of nitro groups is 1. The zero-order valence-corrected chi connectivity index (χ0v) is 13.1. The Labute approximate surface area is 141 Å². The minimum atomic E-state index is -1.08. The van der Waals surface area contributed by atoms with Crippen molar-refractivity contribution in [2.45, 2.75) is 0 Å². The normalized spacial score (nSPS) is 10.4. The SMILES string of the molecule is C#CCOc1cc(C=Cc2[nH]c(=O)[nH]c(=O)c2[N+](=O)[O-])ccc1OC. The second kappa shape index (κ2) is 7.65. The van der Waals surface area contributed by atoms with E-state index in [0.717, 1.165) is 0 Å². The van der Waals surface area contributed by atoms with Crippen molar-refractivity contribution in [3.63, 3.8) is 0 Å². The Balaban J connectivity index is 2.43. The molecule has 0 unspecified atom stereocenters. The second-order valence-corrected chi connectivity index (χ2v) is 4.66. The van der Waals surface area contributed by atoms with Crippen LogP contribution in [-0.2, 0) is 0 Å². The molecule has 0 saturated heterocycles. The Morgan fingerprint density at radius 3 is 2.68 bits per heavy atom. The Kier molecular flexibility index (Phi) is 5.37. The van der Waals surface area contributed by atoms with Crippen LogP contribution in [-0.4, -0.2) is 28.6 Å². The van der Waals surface area contributed by atoms with Crippen LogP contribution in [0.5, 0.6) is 11.5 Å². The summed E-state index contributed by atoms with van der Waals surface area (Å²) >= 11 is 0. The summed E-state index contributed by atoms with van der Waals surface area (Å²) in [7, 11) is 1.47. The van der Waals surface area contributed by atoms with E-state index < -0.39 is 21.9 Å². The molecule has 25 heavy (non-hydrogen) atoms. The van der Waals surface area contributed by atoms with E-state index in [0.29, 0.717) is 17.1 Å². The zero-order chi connectivity index (χ0) is 18.4. The van der Waals surface area contributed by atoms with Gasteiger partial charge in [-0.15, -0.1) is 6.42 Å².